The second-order valence-corrected chi connectivity index (χ2v) is 8.46. The zero-order chi connectivity index (χ0) is 19.3. The molecule has 1 aliphatic heterocycles. The normalized spacial score (nSPS) is 20.5. The summed E-state index contributed by atoms with van der Waals surface area (Å²) in [6, 6.07) is 1.60. The van der Waals surface area contributed by atoms with Crippen molar-refractivity contribution in [2.45, 2.75) is 32.2 Å². The van der Waals surface area contributed by atoms with Crippen LogP contribution in [-0.2, 0) is 11.3 Å². The van der Waals surface area contributed by atoms with Gasteiger partial charge in [-0.05, 0) is 31.4 Å². The average molecular weight is 421 g/mol. The Morgan fingerprint density at radius 1 is 1.52 bits per heavy atom. The lowest BCUT2D eigenvalue weighted by molar-refractivity contribution is -0.00953. The Kier molecular flexibility index (Phi) is 4.83. The van der Waals surface area contributed by atoms with E-state index < -0.39 is 24.2 Å². The Hall–Kier alpha value is -1.40. The maximum atomic E-state index is 12.4. The summed E-state index contributed by atoms with van der Waals surface area (Å²) in [7, 11) is 0. The molecule has 0 bridgehead atoms. The molecule has 8 nitrogen and oxygen atoms in total. The Morgan fingerprint density at radius 3 is 2.85 bits per heavy atom. The number of hydrogen-bond donors (Lipinski definition) is 2. The van der Waals surface area contributed by atoms with Crippen LogP contribution in [0, 0.1) is 12.3 Å². The average Bonchev–Trinajstić information content (AvgIpc) is 2.82. The third-order valence-corrected chi connectivity index (χ3v) is 6.31. The quantitative estimate of drug-likeness (QED) is 0.548. The van der Waals surface area contributed by atoms with Crippen molar-refractivity contribution in [1.82, 2.24) is 24.4 Å². The first-order valence-corrected chi connectivity index (χ1v) is 9.89. The number of rotatable bonds is 6. The van der Waals surface area contributed by atoms with Gasteiger partial charge in [0.1, 0.15) is 17.0 Å². The number of aromatic nitrogens is 3. The number of hydrogen-bond acceptors (Lipinski definition) is 5. The molecule has 2 aliphatic rings. The maximum Gasteiger partial charge on any atom is 0.252 e. The lowest BCUT2D eigenvalue weighted by atomic mass is 9.61. The van der Waals surface area contributed by atoms with Crippen molar-refractivity contribution >= 4 is 34.2 Å². The maximum absolute atomic E-state index is 12.4. The molecule has 27 heavy (non-hydrogen) atoms. The van der Waals surface area contributed by atoms with Crippen molar-refractivity contribution in [3.63, 3.8) is 0 Å². The van der Waals surface area contributed by atoms with E-state index in [4.69, 9.17) is 11.6 Å². The highest BCUT2D eigenvalue weighted by Gasteiger charge is 2.55. The molecule has 1 aliphatic carbocycles. The standard InChI is InChI=1S/C15H19ClF2N6O2S/c1-9-2-11(16)23-13(9)14(19-8-21-23)22-6-15(7-22)3-10(4-15)24(27(25)26)20-5-12(17)18/h2,8,10,12,20H,3-7H2,1H3,(H,25,26). The van der Waals surface area contributed by atoms with E-state index in [0.717, 1.165) is 34.4 Å². The predicted octanol–water partition coefficient (Wildman–Crippen LogP) is 1.87. The van der Waals surface area contributed by atoms with Crippen molar-refractivity contribution in [1.29, 1.82) is 0 Å². The first-order valence-electron chi connectivity index (χ1n) is 8.45. The minimum atomic E-state index is -2.58. The Labute approximate surface area is 161 Å². The second kappa shape index (κ2) is 6.89. The molecule has 2 aromatic rings. The van der Waals surface area contributed by atoms with E-state index in [2.05, 4.69) is 20.4 Å². The SMILES string of the molecule is Cc1cc(Cl)n2ncnc(N3CC4(CC(N(NCC(F)F)S(=O)O)C4)C3)c12. The summed E-state index contributed by atoms with van der Waals surface area (Å²) in [5.41, 5.74) is 4.23. The molecular formula is C15H19ClF2N6O2S. The molecule has 148 valence electrons. The van der Waals surface area contributed by atoms with E-state index in [9.17, 15) is 17.5 Å². The summed E-state index contributed by atoms with van der Waals surface area (Å²) in [4.78, 5) is 6.53. The number of halogens is 3. The predicted molar refractivity (Wildman–Crippen MR) is 97.0 cm³/mol. The Balaban J connectivity index is 1.42. The monoisotopic (exact) mass is 420 g/mol. The highest BCUT2D eigenvalue weighted by molar-refractivity contribution is 7.76. The summed E-state index contributed by atoms with van der Waals surface area (Å²) in [6.45, 7) is 2.81. The first kappa shape index (κ1) is 18.9. The number of aryl methyl sites for hydroxylation is 1. The van der Waals surface area contributed by atoms with Gasteiger partial charge in [0.05, 0.1) is 6.54 Å². The minimum absolute atomic E-state index is 0.0149. The lowest BCUT2D eigenvalue weighted by Crippen LogP contribution is -2.68. The molecule has 2 aromatic heterocycles. The molecule has 2 N–H and O–H groups in total. The highest BCUT2D eigenvalue weighted by atomic mass is 35.5. The molecule has 1 atom stereocenters. The summed E-state index contributed by atoms with van der Waals surface area (Å²) in [6.07, 6.45) is 0.205. The Morgan fingerprint density at radius 2 is 2.22 bits per heavy atom. The van der Waals surface area contributed by atoms with Gasteiger partial charge < -0.3 is 4.90 Å². The van der Waals surface area contributed by atoms with Crippen LogP contribution in [0.5, 0.6) is 0 Å². The van der Waals surface area contributed by atoms with Crippen LogP contribution < -0.4 is 10.3 Å². The topological polar surface area (TPSA) is 86.0 Å². The van der Waals surface area contributed by atoms with Crippen LogP contribution in [0.2, 0.25) is 5.15 Å². The highest BCUT2D eigenvalue weighted by Crippen LogP contribution is 2.51. The van der Waals surface area contributed by atoms with Crippen molar-refractivity contribution < 1.29 is 17.5 Å². The van der Waals surface area contributed by atoms with Gasteiger partial charge in [0, 0.05) is 24.5 Å². The number of alkyl halides is 2. The molecule has 0 aromatic carbocycles. The van der Waals surface area contributed by atoms with Gasteiger partial charge >= 0.3 is 0 Å². The van der Waals surface area contributed by atoms with E-state index in [0.29, 0.717) is 18.0 Å². The van der Waals surface area contributed by atoms with Crippen LogP contribution in [-0.4, -0.2) is 59.9 Å². The molecule has 1 spiro atoms. The van der Waals surface area contributed by atoms with Crippen LogP contribution in [0.4, 0.5) is 14.6 Å². The molecule has 0 radical (unpaired) electrons. The van der Waals surface area contributed by atoms with Gasteiger partial charge in [-0.15, -0.1) is 4.41 Å². The zero-order valence-electron chi connectivity index (χ0n) is 14.5. The fourth-order valence-corrected chi connectivity index (χ4v) is 5.02. The van der Waals surface area contributed by atoms with Crippen LogP contribution in [0.1, 0.15) is 18.4 Å². The van der Waals surface area contributed by atoms with Crippen molar-refractivity contribution in [2.24, 2.45) is 5.41 Å². The smallest absolute Gasteiger partial charge is 0.252 e. The number of anilines is 1. The third kappa shape index (κ3) is 3.31. The van der Waals surface area contributed by atoms with Crippen molar-refractivity contribution in [3.8, 4) is 0 Å². The van der Waals surface area contributed by atoms with Gasteiger partial charge in [-0.3, -0.25) is 4.55 Å². The summed E-state index contributed by atoms with van der Waals surface area (Å²) in [5, 5.41) is 4.70. The molecule has 1 saturated heterocycles. The number of hydrazine groups is 1. The van der Waals surface area contributed by atoms with Gasteiger partial charge in [0.15, 0.2) is 5.82 Å². The van der Waals surface area contributed by atoms with E-state index in [1.807, 2.05) is 13.0 Å². The third-order valence-electron chi connectivity index (χ3n) is 5.27. The van der Waals surface area contributed by atoms with Gasteiger partial charge in [-0.2, -0.15) is 5.10 Å². The summed E-state index contributed by atoms with van der Waals surface area (Å²) >= 11 is 3.84. The van der Waals surface area contributed by atoms with Crippen molar-refractivity contribution in [2.75, 3.05) is 24.5 Å². The van der Waals surface area contributed by atoms with Gasteiger partial charge in [0.2, 0.25) is 11.3 Å². The number of nitrogens with one attached hydrogen (secondary N) is 1. The molecule has 4 rings (SSSR count). The van der Waals surface area contributed by atoms with Crippen LogP contribution in [0.15, 0.2) is 12.4 Å². The summed E-state index contributed by atoms with van der Waals surface area (Å²) in [5.74, 6) is 0.807. The molecule has 1 saturated carbocycles. The van der Waals surface area contributed by atoms with Crippen molar-refractivity contribution in [3.05, 3.63) is 23.1 Å². The summed E-state index contributed by atoms with van der Waals surface area (Å²) < 4.78 is 48.2. The van der Waals surface area contributed by atoms with Crippen LogP contribution >= 0.6 is 11.6 Å². The minimum Gasteiger partial charge on any atom is -0.354 e. The van der Waals surface area contributed by atoms with Gasteiger partial charge in [-0.1, -0.05) is 11.6 Å². The van der Waals surface area contributed by atoms with E-state index in [1.54, 1.807) is 4.52 Å². The van der Waals surface area contributed by atoms with E-state index in [-0.39, 0.29) is 11.5 Å². The molecule has 2 fully saturated rings. The lowest BCUT2D eigenvalue weighted by Gasteiger charge is -2.60. The Bertz CT molecular complexity index is 883. The molecule has 0 amide bonds. The first-order chi connectivity index (χ1) is 12.8. The van der Waals surface area contributed by atoms with Crippen LogP contribution in [0.25, 0.3) is 5.52 Å². The fraction of sp³-hybridized carbons (Fsp3) is 0.600. The fourth-order valence-electron chi connectivity index (χ4n) is 4.14. The molecule has 12 heteroatoms. The number of nitrogens with zero attached hydrogens (tertiary/aromatic N) is 5. The largest absolute Gasteiger partial charge is 0.354 e. The second-order valence-electron chi connectivity index (χ2n) is 7.22. The molecule has 1 unspecified atom stereocenters. The van der Waals surface area contributed by atoms with E-state index in [1.165, 1.54) is 6.33 Å². The number of fused-ring (bicyclic) bond motifs is 1. The zero-order valence-corrected chi connectivity index (χ0v) is 16.1. The molecular weight excluding hydrogens is 402 g/mol. The van der Waals surface area contributed by atoms with E-state index >= 15 is 0 Å². The molecule has 3 heterocycles. The van der Waals surface area contributed by atoms with Gasteiger partial charge in [-0.25, -0.2) is 27.9 Å². The van der Waals surface area contributed by atoms with Crippen LogP contribution in [0.3, 0.4) is 0 Å². The van der Waals surface area contributed by atoms with Gasteiger partial charge in [0.25, 0.3) is 6.43 Å².